The van der Waals surface area contributed by atoms with Crippen molar-refractivity contribution in [3.8, 4) is 0 Å². The van der Waals surface area contributed by atoms with E-state index in [1.54, 1.807) is 0 Å². The Hall–Kier alpha value is -1.84. The summed E-state index contributed by atoms with van der Waals surface area (Å²) in [4.78, 5) is 24.8. The summed E-state index contributed by atoms with van der Waals surface area (Å²) in [5.74, 6) is -0.934. The van der Waals surface area contributed by atoms with Gasteiger partial charge in [0.15, 0.2) is 0 Å². The third-order valence-electron chi connectivity index (χ3n) is 3.77. The van der Waals surface area contributed by atoms with E-state index in [1.807, 2.05) is 13.8 Å². The number of aliphatic carboxylic acids is 1. The fourth-order valence-corrected chi connectivity index (χ4v) is 2.93. The standard InChI is InChI=1S/C16H21NO3/c1-11-8-12(2)10-13(9-11)5-6-15(18)17-7-3-4-14(17)16(19)20/h8-10,14H,3-7H2,1-2H3,(H,19,20)/t14-/m1/s1. The number of carboxylic acids is 1. The lowest BCUT2D eigenvalue weighted by Crippen LogP contribution is -2.40. The Bertz CT molecular complexity index is 504. The highest BCUT2D eigenvalue weighted by molar-refractivity contribution is 5.84. The van der Waals surface area contributed by atoms with E-state index in [4.69, 9.17) is 5.11 Å². The van der Waals surface area contributed by atoms with Gasteiger partial charge in [-0.3, -0.25) is 4.79 Å². The first kappa shape index (κ1) is 14.6. The Kier molecular flexibility index (Phi) is 4.42. The zero-order chi connectivity index (χ0) is 14.7. The Labute approximate surface area is 119 Å². The Morgan fingerprint density at radius 1 is 1.25 bits per heavy atom. The molecule has 1 amide bonds. The van der Waals surface area contributed by atoms with Gasteiger partial charge >= 0.3 is 5.97 Å². The molecule has 0 aromatic heterocycles. The molecule has 1 fully saturated rings. The zero-order valence-electron chi connectivity index (χ0n) is 12.1. The maximum atomic E-state index is 12.2. The van der Waals surface area contributed by atoms with Crippen LogP contribution in [0.2, 0.25) is 0 Å². The van der Waals surface area contributed by atoms with Gasteiger partial charge in [-0.05, 0) is 38.7 Å². The predicted molar refractivity (Wildman–Crippen MR) is 76.6 cm³/mol. The van der Waals surface area contributed by atoms with Gasteiger partial charge in [-0.2, -0.15) is 0 Å². The highest BCUT2D eigenvalue weighted by atomic mass is 16.4. The molecule has 1 heterocycles. The number of hydrogen-bond donors (Lipinski definition) is 1. The fourth-order valence-electron chi connectivity index (χ4n) is 2.93. The van der Waals surface area contributed by atoms with E-state index >= 15 is 0 Å². The molecule has 2 rings (SSSR count). The maximum absolute atomic E-state index is 12.2. The molecule has 1 aliphatic rings. The number of carbonyl (C=O) groups excluding carboxylic acids is 1. The molecule has 1 saturated heterocycles. The van der Waals surface area contributed by atoms with Crippen LogP contribution in [0.25, 0.3) is 0 Å². The summed E-state index contributed by atoms with van der Waals surface area (Å²) in [6, 6.07) is 5.64. The Morgan fingerprint density at radius 3 is 2.50 bits per heavy atom. The van der Waals surface area contributed by atoms with Crippen LogP contribution in [0.4, 0.5) is 0 Å². The lowest BCUT2D eigenvalue weighted by molar-refractivity contribution is -0.148. The van der Waals surface area contributed by atoms with E-state index in [9.17, 15) is 9.59 Å². The van der Waals surface area contributed by atoms with E-state index in [1.165, 1.54) is 16.0 Å². The zero-order valence-corrected chi connectivity index (χ0v) is 12.1. The van der Waals surface area contributed by atoms with Crippen molar-refractivity contribution in [1.82, 2.24) is 4.90 Å². The minimum absolute atomic E-state index is 0.0472. The van der Waals surface area contributed by atoms with Gasteiger partial charge in [0.1, 0.15) is 6.04 Å². The number of carboxylic acid groups (broad SMARTS) is 1. The van der Waals surface area contributed by atoms with Crippen molar-refractivity contribution in [3.05, 3.63) is 34.9 Å². The summed E-state index contributed by atoms with van der Waals surface area (Å²) in [6.45, 7) is 4.65. The van der Waals surface area contributed by atoms with E-state index in [-0.39, 0.29) is 5.91 Å². The maximum Gasteiger partial charge on any atom is 0.326 e. The van der Waals surface area contributed by atoms with Crippen molar-refractivity contribution >= 4 is 11.9 Å². The largest absolute Gasteiger partial charge is 0.480 e. The molecule has 0 unspecified atom stereocenters. The second-order valence-electron chi connectivity index (χ2n) is 5.58. The predicted octanol–water partition coefficient (Wildman–Crippen LogP) is 2.31. The molecule has 1 N–H and O–H groups in total. The lowest BCUT2D eigenvalue weighted by Gasteiger charge is -2.21. The highest BCUT2D eigenvalue weighted by Crippen LogP contribution is 2.19. The molecule has 0 aliphatic carbocycles. The molecule has 108 valence electrons. The number of rotatable bonds is 4. The SMILES string of the molecule is Cc1cc(C)cc(CCC(=O)N2CCC[C@@H]2C(=O)O)c1. The number of likely N-dealkylation sites (tertiary alicyclic amines) is 1. The van der Waals surface area contributed by atoms with Crippen LogP contribution in [0.3, 0.4) is 0 Å². The average Bonchev–Trinajstić information content (AvgIpc) is 2.84. The molecule has 1 aromatic rings. The van der Waals surface area contributed by atoms with Gasteiger partial charge in [-0.1, -0.05) is 29.3 Å². The van der Waals surface area contributed by atoms with Crippen molar-refractivity contribution < 1.29 is 14.7 Å². The van der Waals surface area contributed by atoms with Crippen molar-refractivity contribution in [2.24, 2.45) is 0 Å². The van der Waals surface area contributed by atoms with Crippen LogP contribution < -0.4 is 0 Å². The smallest absolute Gasteiger partial charge is 0.326 e. The van der Waals surface area contributed by atoms with Crippen LogP contribution in [-0.2, 0) is 16.0 Å². The molecule has 0 bridgehead atoms. The topological polar surface area (TPSA) is 57.6 Å². The van der Waals surface area contributed by atoms with E-state index < -0.39 is 12.0 Å². The summed E-state index contributed by atoms with van der Waals surface area (Å²) >= 11 is 0. The molecule has 0 spiro atoms. The van der Waals surface area contributed by atoms with Gasteiger partial charge in [0.25, 0.3) is 0 Å². The average molecular weight is 275 g/mol. The van der Waals surface area contributed by atoms with Crippen molar-refractivity contribution in [2.45, 2.75) is 45.6 Å². The van der Waals surface area contributed by atoms with Crippen molar-refractivity contribution in [1.29, 1.82) is 0 Å². The van der Waals surface area contributed by atoms with Gasteiger partial charge in [0.2, 0.25) is 5.91 Å². The monoisotopic (exact) mass is 275 g/mol. The second-order valence-corrected chi connectivity index (χ2v) is 5.58. The van der Waals surface area contributed by atoms with Gasteiger partial charge in [0.05, 0.1) is 0 Å². The van der Waals surface area contributed by atoms with Crippen LogP contribution in [0.5, 0.6) is 0 Å². The number of aryl methyl sites for hydroxylation is 3. The first-order chi connectivity index (χ1) is 9.47. The lowest BCUT2D eigenvalue weighted by atomic mass is 10.0. The molecule has 0 saturated carbocycles. The third kappa shape index (κ3) is 3.38. The Balaban J connectivity index is 1.96. The van der Waals surface area contributed by atoms with Gasteiger partial charge < -0.3 is 10.0 Å². The molecule has 1 aromatic carbocycles. The Morgan fingerprint density at radius 2 is 1.90 bits per heavy atom. The van der Waals surface area contributed by atoms with E-state index in [0.717, 1.165) is 12.0 Å². The quantitative estimate of drug-likeness (QED) is 0.917. The van der Waals surface area contributed by atoms with Gasteiger partial charge in [-0.25, -0.2) is 4.79 Å². The minimum Gasteiger partial charge on any atom is -0.480 e. The summed E-state index contributed by atoms with van der Waals surface area (Å²) in [7, 11) is 0. The van der Waals surface area contributed by atoms with Crippen LogP contribution >= 0.6 is 0 Å². The van der Waals surface area contributed by atoms with E-state index in [0.29, 0.717) is 25.8 Å². The number of hydrogen-bond acceptors (Lipinski definition) is 2. The molecule has 1 aliphatic heterocycles. The molecule has 1 atom stereocenters. The normalized spacial score (nSPS) is 18.3. The van der Waals surface area contributed by atoms with Gasteiger partial charge in [-0.15, -0.1) is 0 Å². The van der Waals surface area contributed by atoms with Crippen molar-refractivity contribution in [2.75, 3.05) is 6.54 Å². The van der Waals surface area contributed by atoms with Crippen LogP contribution in [0, 0.1) is 13.8 Å². The third-order valence-corrected chi connectivity index (χ3v) is 3.77. The molecular formula is C16H21NO3. The molecule has 4 heteroatoms. The van der Waals surface area contributed by atoms with Crippen LogP contribution in [0.15, 0.2) is 18.2 Å². The summed E-state index contributed by atoms with van der Waals surface area (Å²) in [5, 5.41) is 9.10. The summed E-state index contributed by atoms with van der Waals surface area (Å²) < 4.78 is 0. The first-order valence-electron chi connectivity index (χ1n) is 7.07. The fraction of sp³-hybridized carbons (Fsp3) is 0.500. The van der Waals surface area contributed by atoms with E-state index in [2.05, 4.69) is 18.2 Å². The van der Waals surface area contributed by atoms with Gasteiger partial charge in [0, 0.05) is 13.0 Å². The first-order valence-corrected chi connectivity index (χ1v) is 7.07. The summed E-state index contributed by atoms with van der Waals surface area (Å²) in [5.41, 5.74) is 3.52. The molecule has 0 radical (unpaired) electrons. The minimum atomic E-state index is -0.887. The number of nitrogens with zero attached hydrogens (tertiary/aromatic N) is 1. The number of benzene rings is 1. The molecular weight excluding hydrogens is 254 g/mol. The number of amides is 1. The van der Waals surface area contributed by atoms with Crippen molar-refractivity contribution in [3.63, 3.8) is 0 Å². The number of carbonyl (C=O) groups is 2. The van der Waals surface area contributed by atoms with Crippen LogP contribution in [0.1, 0.15) is 36.0 Å². The molecule has 4 nitrogen and oxygen atoms in total. The summed E-state index contributed by atoms with van der Waals surface area (Å²) in [6.07, 6.45) is 2.41. The highest BCUT2D eigenvalue weighted by Gasteiger charge is 2.33. The second kappa shape index (κ2) is 6.07. The molecule has 20 heavy (non-hydrogen) atoms. The van der Waals surface area contributed by atoms with Crippen LogP contribution in [-0.4, -0.2) is 34.5 Å².